The van der Waals surface area contributed by atoms with Crippen LogP contribution in [0.15, 0.2) is 18.2 Å². The van der Waals surface area contributed by atoms with Crippen LogP contribution in [-0.2, 0) is 16.1 Å². The molecule has 2 N–H and O–H groups in total. The highest BCUT2D eigenvalue weighted by molar-refractivity contribution is 5.96. The molecule has 0 aliphatic heterocycles. The van der Waals surface area contributed by atoms with Gasteiger partial charge in [0.25, 0.3) is 0 Å². The van der Waals surface area contributed by atoms with Crippen LogP contribution in [0, 0.1) is 17.6 Å². The fourth-order valence-electron chi connectivity index (χ4n) is 1.11. The molecule has 17 heavy (non-hydrogen) atoms. The standard InChI is InChI=1S/C11H11F2NO3/c1-6(11(16)17)10(15)14-5-7-2-3-8(12)4-9(7)13/h2-4,6H,5H2,1H3,(H,14,15)(H,16,17). The first-order valence-electron chi connectivity index (χ1n) is 4.86. The minimum atomic E-state index is -1.26. The Morgan fingerprint density at radius 1 is 1.41 bits per heavy atom. The summed E-state index contributed by atoms with van der Waals surface area (Å²) >= 11 is 0. The highest BCUT2D eigenvalue weighted by Crippen LogP contribution is 2.09. The van der Waals surface area contributed by atoms with Gasteiger partial charge < -0.3 is 10.4 Å². The molecule has 1 aromatic carbocycles. The Morgan fingerprint density at radius 3 is 2.59 bits per heavy atom. The summed E-state index contributed by atoms with van der Waals surface area (Å²) in [6.07, 6.45) is 0. The largest absolute Gasteiger partial charge is 0.481 e. The minimum absolute atomic E-state index is 0.0948. The Labute approximate surface area is 96.3 Å². The lowest BCUT2D eigenvalue weighted by atomic mass is 10.1. The van der Waals surface area contributed by atoms with Crippen LogP contribution < -0.4 is 5.32 Å². The summed E-state index contributed by atoms with van der Waals surface area (Å²) in [5.74, 6) is -4.69. The van der Waals surface area contributed by atoms with Gasteiger partial charge in [0.2, 0.25) is 5.91 Å². The monoisotopic (exact) mass is 243 g/mol. The molecule has 1 amide bonds. The zero-order valence-corrected chi connectivity index (χ0v) is 9.04. The lowest BCUT2D eigenvalue weighted by Crippen LogP contribution is -2.33. The number of hydrogen-bond acceptors (Lipinski definition) is 2. The molecule has 0 aliphatic rings. The van der Waals surface area contributed by atoms with Crippen molar-refractivity contribution in [3.63, 3.8) is 0 Å². The van der Waals surface area contributed by atoms with Crippen molar-refractivity contribution in [2.24, 2.45) is 5.92 Å². The molecule has 0 spiro atoms. The smallest absolute Gasteiger partial charge is 0.315 e. The molecule has 0 saturated heterocycles. The van der Waals surface area contributed by atoms with Gasteiger partial charge in [-0.05, 0) is 13.0 Å². The van der Waals surface area contributed by atoms with Gasteiger partial charge in [-0.3, -0.25) is 9.59 Å². The summed E-state index contributed by atoms with van der Waals surface area (Å²) in [5, 5.41) is 10.8. The number of carbonyl (C=O) groups excluding carboxylic acids is 1. The van der Waals surface area contributed by atoms with E-state index in [0.717, 1.165) is 6.07 Å². The quantitative estimate of drug-likeness (QED) is 0.783. The van der Waals surface area contributed by atoms with Crippen LogP contribution in [-0.4, -0.2) is 17.0 Å². The number of benzene rings is 1. The Kier molecular flexibility index (Phi) is 4.14. The van der Waals surface area contributed by atoms with Crippen LogP contribution in [0.5, 0.6) is 0 Å². The zero-order chi connectivity index (χ0) is 13.0. The molecule has 0 aromatic heterocycles. The lowest BCUT2D eigenvalue weighted by Gasteiger charge is -2.08. The van der Waals surface area contributed by atoms with E-state index >= 15 is 0 Å². The lowest BCUT2D eigenvalue weighted by molar-refractivity contribution is -0.146. The van der Waals surface area contributed by atoms with Crippen molar-refractivity contribution >= 4 is 11.9 Å². The minimum Gasteiger partial charge on any atom is -0.481 e. The van der Waals surface area contributed by atoms with Crippen LogP contribution in [0.3, 0.4) is 0 Å². The highest BCUT2D eigenvalue weighted by Gasteiger charge is 2.20. The van der Waals surface area contributed by atoms with Crippen LogP contribution in [0.2, 0.25) is 0 Å². The Bertz CT molecular complexity index is 448. The predicted octanol–water partition coefficient (Wildman–Crippen LogP) is 1.30. The van der Waals surface area contributed by atoms with Gasteiger partial charge in [0.1, 0.15) is 17.6 Å². The average Bonchev–Trinajstić information content (AvgIpc) is 2.26. The number of carboxylic acids is 1. The zero-order valence-electron chi connectivity index (χ0n) is 9.04. The molecule has 0 aliphatic carbocycles. The molecule has 0 fully saturated rings. The molecule has 0 heterocycles. The molecule has 92 valence electrons. The van der Waals surface area contributed by atoms with E-state index in [4.69, 9.17) is 5.11 Å². The molecule has 1 aromatic rings. The summed E-state index contributed by atoms with van der Waals surface area (Å²) in [5.41, 5.74) is 0.0948. The molecule has 0 radical (unpaired) electrons. The van der Waals surface area contributed by atoms with Crippen LogP contribution in [0.1, 0.15) is 12.5 Å². The first kappa shape index (κ1) is 13.1. The summed E-state index contributed by atoms with van der Waals surface area (Å²) in [4.78, 5) is 21.7. The Morgan fingerprint density at radius 2 is 2.06 bits per heavy atom. The Balaban J connectivity index is 2.62. The number of hydrogen-bond donors (Lipinski definition) is 2. The van der Waals surface area contributed by atoms with Crippen molar-refractivity contribution < 1.29 is 23.5 Å². The van der Waals surface area contributed by atoms with Gasteiger partial charge in [0.05, 0.1) is 0 Å². The van der Waals surface area contributed by atoms with Crippen molar-refractivity contribution in [3.05, 3.63) is 35.4 Å². The van der Waals surface area contributed by atoms with Gasteiger partial charge in [-0.2, -0.15) is 0 Å². The summed E-state index contributed by atoms with van der Waals surface area (Å²) in [7, 11) is 0. The second kappa shape index (κ2) is 5.38. The molecule has 0 saturated carbocycles. The van der Waals surface area contributed by atoms with E-state index in [1.165, 1.54) is 13.0 Å². The molecule has 1 rings (SSSR count). The summed E-state index contributed by atoms with van der Waals surface area (Å²) in [6.45, 7) is 1.04. The van der Waals surface area contributed by atoms with Crippen molar-refractivity contribution in [3.8, 4) is 0 Å². The van der Waals surface area contributed by atoms with E-state index in [9.17, 15) is 18.4 Å². The highest BCUT2D eigenvalue weighted by atomic mass is 19.1. The third-order valence-electron chi connectivity index (χ3n) is 2.23. The molecule has 1 atom stereocenters. The Hall–Kier alpha value is -1.98. The van der Waals surface area contributed by atoms with Crippen molar-refractivity contribution in [1.82, 2.24) is 5.32 Å². The third kappa shape index (κ3) is 3.51. The summed E-state index contributed by atoms with van der Waals surface area (Å²) in [6, 6.07) is 2.95. The van der Waals surface area contributed by atoms with Gasteiger partial charge >= 0.3 is 5.97 Å². The SMILES string of the molecule is CC(C(=O)O)C(=O)NCc1ccc(F)cc1F. The third-order valence-corrected chi connectivity index (χ3v) is 2.23. The molecule has 6 heteroatoms. The maximum absolute atomic E-state index is 13.2. The van der Waals surface area contributed by atoms with Crippen LogP contribution >= 0.6 is 0 Å². The fraction of sp³-hybridized carbons (Fsp3) is 0.273. The predicted molar refractivity (Wildman–Crippen MR) is 55.0 cm³/mol. The number of aliphatic carboxylic acids is 1. The van der Waals surface area contributed by atoms with E-state index in [1.807, 2.05) is 0 Å². The van der Waals surface area contributed by atoms with Gasteiger partial charge in [0.15, 0.2) is 0 Å². The van der Waals surface area contributed by atoms with E-state index in [-0.39, 0.29) is 12.1 Å². The average molecular weight is 243 g/mol. The van der Waals surface area contributed by atoms with E-state index in [1.54, 1.807) is 0 Å². The maximum Gasteiger partial charge on any atom is 0.315 e. The number of carbonyl (C=O) groups is 2. The normalized spacial score (nSPS) is 11.9. The topological polar surface area (TPSA) is 66.4 Å². The van der Waals surface area contributed by atoms with Crippen LogP contribution in [0.4, 0.5) is 8.78 Å². The number of nitrogens with one attached hydrogen (secondary N) is 1. The van der Waals surface area contributed by atoms with Gasteiger partial charge in [-0.15, -0.1) is 0 Å². The number of amides is 1. The number of halogens is 2. The number of carboxylic acid groups (broad SMARTS) is 1. The van der Waals surface area contributed by atoms with Crippen molar-refractivity contribution in [1.29, 1.82) is 0 Å². The number of rotatable bonds is 4. The second-order valence-corrected chi connectivity index (χ2v) is 3.51. The van der Waals surface area contributed by atoms with Crippen molar-refractivity contribution in [2.75, 3.05) is 0 Å². The van der Waals surface area contributed by atoms with Gasteiger partial charge in [-0.1, -0.05) is 6.07 Å². The van der Waals surface area contributed by atoms with Crippen molar-refractivity contribution in [2.45, 2.75) is 13.5 Å². The molecule has 1 unspecified atom stereocenters. The van der Waals surface area contributed by atoms with E-state index in [2.05, 4.69) is 5.32 Å². The van der Waals surface area contributed by atoms with E-state index < -0.39 is 29.4 Å². The van der Waals surface area contributed by atoms with Gasteiger partial charge in [-0.25, -0.2) is 8.78 Å². The van der Waals surface area contributed by atoms with E-state index in [0.29, 0.717) is 6.07 Å². The first-order chi connectivity index (χ1) is 7.91. The fourth-order valence-corrected chi connectivity index (χ4v) is 1.11. The molecule has 0 bridgehead atoms. The van der Waals surface area contributed by atoms with Crippen LogP contribution in [0.25, 0.3) is 0 Å². The molecule has 4 nitrogen and oxygen atoms in total. The molecular weight excluding hydrogens is 232 g/mol. The second-order valence-electron chi connectivity index (χ2n) is 3.51. The maximum atomic E-state index is 13.2. The first-order valence-corrected chi connectivity index (χ1v) is 4.86. The molecular formula is C11H11F2NO3. The van der Waals surface area contributed by atoms with Gasteiger partial charge in [0, 0.05) is 18.2 Å². The summed E-state index contributed by atoms with van der Waals surface area (Å²) < 4.78 is 25.7.